The van der Waals surface area contributed by atoms with Crippen molar-refractivity contribution < 1.29 is 4.79 Å². The lowest BCUT2D eigenvalue weighted by Crippen LogP contribution is -2.15. The van der Waals surface area contributed by atoms with Crippen molar-refractivity contribution >= 4 is 28.8 Å². The largest absolute Gasteiger partial charge is 0.398 e. The van der Waals surface area contributed by atoms with Crippen LogP contribution in [0.5, 0.6) is 0 Å². The van der Waals surface area contributed by atoms with Gasteiger partial charge in [-0.05, 0) is 35.5 Å². The molecule has 1 aromatic carbocycles. The Morgan fingerprint density at radius 1 is 1.10 bits per heavy atom. The first-order valence-electron chi connectivity index (χ1n) is 8.80. The van der Waals surface area contributed by atoms with Crippen LogP contribution < -0.4 is 11.1 Å². The molecule has 0 spiro atoms. The highest BCUT2D eigenvalue weighted by atomic mass is 16.3. The Kier molecular flexibility index (Phi) is 5.68. The summed E-state index contributed by atoms with van der Waals surface area (Å²) in [6, 6.07) is 7.59. The van der Waals surface area contributed by atoms with Gasteiger partial charge in [-0.2, -0.15) is 0 Å². The molecule has 146 valence electrons. The van der Waals surface area contributed by atoms with Gasteiger partial charge in [0.15, 0.2) is 0 Å². The SMILES string of the molecule is CC(C)c1ncc(C(=O)Nc2cc(C(=N)c3cc(N=O)ccc3N)ccn2)cn1. The van der Waals surface area contributed by atoms with Crippen LogP contribution in [0.15, 0.2) is 54.1 Å². The van der Waals surface area contributed by atoms with Gasteiger partial charge in [0.2, 0.25) is 0 Å². The van der Waals surface area contributed by atoms with Crippen LogP contribution >= 0.6 is 0 Å². The minimum Gasteiger partial charge on any atom is -0.398 e. The zero-order valence-corrected chi connectivity index (χ0v) is 15.9. The molecule has 29 heavy (non-hydrogen) atoms. The van der Waals surface area contributed by atoms with Gasteiger partial charge < -0.3 is 11.1 Å². The topological polar surface area (TPSA) is 147 Å². The van der Waals surface area contributed by atoms with Crippen molar-refractivity contribution in [1.82, 2.24) is 15.0 Å². The lowest BCUT2D eigenvalue weighted by molar-refractivity contribution is 0.102. The Morgan fingerprint density at radius 3 is 2.48 bits per heavy atom. The Hall–Kier alpha value is -4.01. The van der Waals surface area contributed by atoms with E-state index in [-0.39, 0.29) is 23.1 Å². The molecule has 0 bridgehead atoms. The third-order valence-electron chi connectivity index (χ3n) is 4.15. The van der Waals surface area contributed by atoms with Crippen LogP contribution in [0.3, 0.4) is 0 Å². The molecule has 0 aliphatic heterocycles. The van der Waals surface area contributed by atoms with Gasteiger partial charge in [-0.1, -0.05) is 13.8 Å². The highest BCUT2D eigenvalue weighted by Gasteiger charge is 2.13. The van der Waals surface area contributed by atoms with E-state index in [1.807, 2.05) is 13.8 Å². The zero-order chi connectivity index (χ0) is 21.0. The third-order valence-corrected chi connectivity index (χ3v) is 4.15. The molecule has 3 aromatic rings. The number of amides is 1. The van der Waals surface area contributed by atoms with Gasteiger partial charge in [0, 0.05) is 41.3 Å². The molecule has 1 amide bonds. The number of carbonyl (C=O) groups is 1. The molecule has 0 atom stereocenters. The second kappa shape index (κ2) is 8.34. The number of nitrogens with zero attached hydrogens (tertiary/aromatic N) is 4. The van der Waals surface area contributed by atoms with E-state index in [0.29, 0.717) is 28.2 Å². The first-order valence-corrected chi connectivity index (χ1v) is 8.80. The number of benzene rings is 1. The lowest BCUT2D eigenvalue weighted by Gasteiger charge is -2.10. The van der Waals surface area contributed by atoms with E-state index >= 15 is 0 Å². The molecule has 0 fully saturated rings. The quantitative estimate of drug-likeness (QED) is 0.333. The third kappa shape index (κ3) is 4.46. The van der Waals surface area contributed by atoms with Crippen molar-refractivity contribution in [3.63, 3.8) is 0 Å². The summed E-state index contributed by atoms with van der Waals surface area (Å²) in [5.74, 6) is 0.660. The van der Waals surface area contributed by atoms with Crippen molar-refractivity contribution in [3.8, 4) is 0 Å². The number of anilines is 2. The number of carbonyl (C=O) groups excluding carboxylic acids is 1. The number of rotatable bonds is 6. The number of nitrogens with one attached hydrogen (secondary N) is 2. The predicted molar refractivity (Wildman–Crippen MR) is 111 cm³/mol. The molecule has 3 rings (SSSR count). The van der Waals surface area contributed by atoms with Crippen LogP contribution in [0.4, 0.5) is 17.2 Å². The summed E-state index contributed by atoms with van der Waals surface area (Å²) in [7, 11) is 0. The summed E-state index contributed by atoms with van der Waals surface area (Å²) in [5, 5.41) is 13.9. The molecular weight excluding hydrogens is 370 g/mol. The predicted octanol–water partition coefficient (Wildman–Crippen LogP) is 3.64. The van der Waals surface area contributed by atoms with Gasteiger partial charge in [0.1, 0.15) is 17.3 Å². The lowest BCUT2D eigenvalue weighted by atomic mass is 10.0. The number of pyridine rings is 1. The van der Waals surface area contributed by atoms with Crippen LogP contribution in [0, 0.1) is 10.3 Å². The van der Waals surface area contributed by atoms with E-state index in [1.54, 1.807) is 12.1 Å². The molecule has 0 saturated heterocycles. The normalized spacial score (nSPS) is 10.6. The minimum atomic E-state index is -0.414. The van der Waals surface area contributed by atoms with Gasteiger partial charge >= 0.3 is 0 Å². The van der Waals surface area contributed by atoms with Gasteiger partial charge in [0.05, 0.1) is 11.3 Å². The summed E-state index contributed by atoms with van der Waals surface area (Å²) in [4.78, 5) is 35.7. The van der Waals surface area contributed by atoms with Crippen molar-refractivity contribution in [2.45, 2.75) is 19.8 Å². The number of hydrogen-bond acceptors (Lipinski definition) is 8. The molecule has 2 aromatic heterocycles. The van der Waals surface area contributed by atoms with Crippen molar-refractivity contribution in [3.05, 3.63) is 76.3 Å². The Morgan fingerprint density at radius 2 is 1.83 bits per heavy atom. The number of aromatic nitrogens is 3. The molecule has 4 N–H and O–H groups in total. The van der Waals surface area contributed by atoms with Crippen LogP contribution in [0.2, 0.25) is 0 Å². The number of nitrogens with two attached hydrogens (primary N) is 1. The molecule has 0 unspecified atom stereocenters. The van der Waals surface area contributed by atoms with Gasteiger partial charge in [0.25, 0.3) is 5.91 Å². The summed E-state index contributed by atoms with van der Waals surface area (Å²) < 4.78 is 0. The van der Waals surface area contributed by atoms with Crippen LogP contribution in [0.1, 0.15) is 47.1 Å². The van der Waals surface area contributed by atoms with E-state index in [0.717, 1.165) is 0 Å². The zero-order valence-electron chi connectivity index (χ0n) is 15.9. The molecule has 0 saturated carbocycles. The Labute approximate surface area is 166 Å². The molecule has 0 aliphatic rings. The maximum absolute atomic E-state index is 12.4. The maximum atomic E-state index is 12.4. The average Bonchev–Trinajstić information content (AvgIpc) is 2.74. The molecule has 0 radical (unpaired) electrons. The second-order valence-electron chi connectivity index (χ2n) is 6.61. The summed E-state index contributed by atoms with van der Waals surface area (Å²) >= 11 is 0. The van der Waals surface area contributed by atoms with Crippen LogP contribution in [0.25, 0.3) is 0 Å². The first kappa shape index (κ1) is 19.7. The maximum Gasteiger partial charge on any atom is 0.259 e. The Bertz CT molecular complexity index is 1080. The number of nitrogen functional groups attached to an aromatic ring is 1. The van der Waals surface area contributed by atoms with Gasteiger partial charge in [-0.25, -0.2) is 15.0 Å². The second-order valence-corrected chi connectivity index (χ2v) is 6.61. The highest BCUT2D eigenvalue weighted by molar-refractivity contribution is 6.14. The standard InChI is InChI=1S/C20H19N7O2/c1-11(2)19-24-9-13(10-25-19)20(28)26-17-7-12(5-6-23-17)18(22)15-8-14(27-29)3-4-16(15)21/h3-11,22H,21H2,1-2H3,(H,23,26,28). The number of nitroso groups, excluding NO2 is 1. The monoisotopic (exact) mass is 389 g/mol. The van der Waals surface area contributed by atoms with Crippen LogP contribution in [-0.4, -0.2) is 26.6 Å². The molecule has 2 heterocycles. The Balaban J connectivity index is 1.81. The van der Waals surface area contributed by atoms with Crippen molar-refractivity contribution in [1.29, 1.82) is 5.41 Å². The van der Waals surface area contributed by atoms with Crippen molar-refractivity contribution in [2.75, 3.05) is 11.1 Å². The van der Waals surface area contributed by atoms with E-state index in [4.69, 9.17) is 11.1 Å². The highest BCUT2D eigenvalue weighted by Crippen LogP contribution is 2.23. The van der Waals surface area contributed by atoms with Gasteiger partial charge in [-0.15, -0.1) is 4.91 Å². The fourth-order valence-corrected chi connectivity index (χ4v) is 2.57. The molecular formula is C20H19N7O2. The summed E-state index contributed by atoms with van der Waals surface area (Å²) in [5.41, 5.74) is 7.65. The van der Waals surface area contributed by atoms with E-state index < -0.39 is 5.91 Å². The smallest absolute Gasteiger partial charge is 0.259 e. The molecule has 9 heteroatoms. The first-order chi connectivity index (χ1) is 13.9. The fraction of sp³-hybridized carbons (Fsp3) is 0.150. The fourth-order valence-electron chi connectivity index (χ4n) is 2.57. The minimum absolute atomic E-state index is 0.0792. The summed E-state index contributed by atoms with van der Waals surface area (Å²) in [6.45, 7) is 3.93. The van der Waals surface area contributed by atoms with Crippen LogP contribution in [-0.2, 0) is 0 Å². The number of hydrogen-bond donors (Lipinski definition) is 3. The molecule has 9 nitrogen and oxygen atoms in total. The van der Waals surface area contributed by atoms with E-state index in [2.05, 4.69) is 25.4 Å². The molecule has 0 aliphatic carbocycles. The summed E-state index contributed by atoms with van der Waals surface area (Å²) in [6.07, 6.45) is 4.39. The van der Waals surface area contributed by atoms with Crippen molar-refractivity contribution in [2.24, 2.45) is 5.18 Å². The average molecular weight is 389 g/mol. The van der Waals surface area contributed by atoms with E-state index in [9.17, 15) is 9.70 Å². The van der Waals surface area contributed by atoms with Gasteiger partial charge in [-0.3, -0.25) is 10.2 Å². The van der Waals surface area contributed by atoms with E-state index in [1.165, 1.54) is 36.8 Å².